The van der Waals surface area contributed by atoms with E-state index in [2.05, 4.69) is 0 Å². The van der Waals surface area contributed by atoms with Gasteiger partial charge in [0.05, 0.1) is 12.5 Å². The molecule has 0 saturated heterocycles. The Kier molecular flexibility index (Phi) is 4.18. The summed E-state index contributed by atoms with van der Waals surface area (Å²) in [5, 5.41) is -1.49. The highest BCUT2D eigenvalue weighted by Gasteiger charge is 2.24. The molecule has 106 valence electrons. The van der Waals surface area contributed by atoms with Gasteiger partial charge in [0.25, 0.3) is 0 Å². The Hall–Kier alpha value is -1.75. The van der Waals surface area contributed by atoms with Crippen LogP contribution in [0, 0.1) is 23.3 Å². The lowest BCUT2D eigenvalue weighted by Crippen LogP contribution is -2.05. The minimum atomic E-state index is -1.49. The molecular formula is C14H9ClF4O. The van der Waals surface area contributed by atoms with Crippen molar-refractivity contribution in [2.24, 2.45) is 0 Å². The van der Waals surface area contributed by atoms with Crippen molar-refractivity contribution < 1.29 is 22.3 Å². The third-order valence-electron chi connectivity index (χ3n) is 2.80. The van der Waals surface area contributed by atoms with E-state index in [0.29, 0.717) is 0 Å². The molecule has 2 aromatic carbocycles. The van der Waals surface area contributed by atoms with E-state index in [1.165, 1.54) is 19.2 Å². The second-order valence-corrected chi connectivity index (χ2v) is 4.45. The van der Waals surface area contributed by atoms with Crippen molar-refractivity contribution in [2.75, 3.05) is 7.11 Å². The Morgan fingerprint density at radius 3 is 2.15 bits per heavy atom. The van der Waals surface area contributed by atoms with Gasteiger partial charge in [0.2, 0.25) is 0 Å². The van der Waals surface area contributed by atoms with Crippen LogP contribution < -0.4 is 4.74 Å². The average Bonchev–Trinajstić information content (AvgIpc) is 2.40. The highest BCUT2D eigenvalue weighted by molar-refractivity contribution is 6.22. The monoisotopic (exact) mass is 304 g/mol. The zero-order chi connectivity index (χ0) is 14.9. The fraction of sp³-hybridized carbons (Fsp3) is 0.143. The molecule has 0 spiro atoms. The van der Waals surface area contributed by atoms with Gasteiger partial charge >= 0.3 is 0 Å². The summed E-state index contributed by atoms with van der Waals surface area (Å²) < 4.78 is 59.1. The normalized spacial score (nSPS) is 12.3. The molecule has 1 unspecified atom stereocenters. The molecule has 0 heterocycles. The molecule has 0 fully saturated rings. The molecule has 0 aliphatic rings. The largest absolute Gasteiger partial charge is 0.497 e. The van der Waals surface area contributed by atoms with E-state index < -0.39 is 34.2 Å². The first-order valence-corrected chi connectivity index (χ1v) is 6.00. The second-order valence-electron chi connectivity index (χ2n) is 4.01. The van der Waals surface area contributed by atoms with Gasteiger partial charge in [-0.2, -0.15) is 0 Å². The Labute approximate surface area is 117 Å². The molecule has 2 aromatic rings. The molecule has 1 nitrogen and oxygen atoms in total. The molecule has 0 radical (unpaired) electrons. The Morgan fingerprint density at radius 2 is 1.60 bits per heavy atom. The van der Waals surface area contributed by atoms with Crippen LogP contribution in [0.2, 0.25) is 0 Å². The van der Waals surface area contributed by atoms with E-state index in [-0.39, 0.29) is 11.3 Å². The number of rotatable bonds is 3. The number of halogens is 5. The van der Waals surface area contributed by atoms with Gasteiger partial charge in [-0.05, 0) is 6.07 Å². The highest BCUT2D eigenvalue weighted by Crippen LogP contribution is 2.36. The van der Waals surface area contributed by atoms with Crippen LogP contribution in [-0.2, 0) is 0 Å². The summed E-state index contributed by atoms with van der Waals surface area (Å²) >= 11 is 5.89. The van der Waals surface area contributed by atoms with Crippen LogP contribution in [0.25, 0.3) is 0 Å². The van der Waals surface area contributed by atoms with Crippen molar-refractivity contribution in [3.63, 3.8) is 0 Å². The van der Waals surface area contributed by atoms with Crippen LogP contribution in [0.15, 0.2) is 30.3 Å². The van der Waals surface area contributed by atoms with E-state index >= 15 is 0 Å². The lowest BCUT2D eigenvalue weighted by molar-refractivity contribution is 0.405. The van der Waals surface area contributed by atoms with Crippen molar-refractivity contribution >= 4 is 11.6 Å². The number of ether oxygens (including phenoxy) is 1. The van der Waals surface area contributed by atoms with E-state index in [1.54, 1.807) is 0 Å². The summed E-state index contributed by atoms with van der Waals surface area (Å²) in [7, 11) is 1.25. The molecule has 0 aliphatic heterocycles. The van der Waals surface area contributed by atoms with Gasteiger partial charge in [-0.25, -0.2) is 17.6 Å². The Balaban J connectivity index is 2.54. The SMILES string of the molecule is COc1cc(F)c(C(Cl)c2cccc(F)c2F)c(F)c1. The van der Waals surface area contributed by atoms with Crippen LogP contribution in [0.1, 0.15) is 16.5 Å². The van der Waals surface area contributed by atoms with Crippen molar-refractivity contribution in [3.05, 3.63) is 64.7 Å². The highest BCUT2D eigenvalue weighted by atomic mass is 35.5. The molecule has 20 heavy (non-hydrogen) atoms. The number of alkyl halides is 1. The maximum atomic E-state index is 13.8. The first-order chi connectivity index (χ1) is 9.45. The third kappa shape index (κ3) is 2.58. The van der Waals surface area contributed by atoms with Crippen LogP contribution in [0.4, 0.5) is 17.6 Å². The number of hydrogen-bond donors (Lipinski definition) is 0. The Morgan fingerprint density at radius 1 is 1.00 bits per heavy atom. The van der Waals surface area contributed by atoms with Crippen LogP contribution >= 0.6 is 11.6 Å². The van der Waals surface area contributed by atoms with Gasteiger partial charge in [0, 0.05) is 23.3 Å². The predicted octanol–water partition coefficient (Wildman–Crippen LogP) is 4.58. The average molecular weight is 305 g/mol. The molecule has 0 saturated carbocycles. The summed E-state index contributed by atoms with van der Waals surface area (Å²) in [5.74, 6) is -4.40. The lowest BCUT2D eigenvalue weighted by atomic mass is 10.0. The van der Waals surface area contributed by atoms with Gasteiger partial charge in [0.15, 0.2) is 11.6 Å². The summed E-state index contributed by atoms with van der Waals surface area (Å²) in [4.78, 5) is 0. The smallest absolute Gasteiger partial charge is 0.163 e. The quantitative estimate of drug-likeness (QED) is 0.596. The first-order valence-electron chi connectivity index (χ1n) is 5.56. The third-order valence-corrected chi connectivity index (χ3v) is 3.25. The van der Waals surface area contributed by atoms with Crippen molar-refractivity contribution in [1.29, 1.82) is 0 Å². The molecule has 6 heteroatoms. The molecule has 0 aliphatic carbocycles. The molecule has 0 aromatic heterocycles. The fourth-order valence-corrected chi connectivity index (χ4v) is 2.17. The minimum Gasteiger partial charge on any atom is -0.497 e. The van der Waals surface area contributed by atoms with E-state index in [4.69, 9.17) is 16.3 Å². The maximum Gasteiger partial charge on any atom is 0.163 e. The van der Waals surface area contributed by atoms with Gasteiger partial charge in [-0.15, -0.1) is 11.6 Å². The predicted molar refractivity (Wildman–Crippen MR) is 67.0 cm³/mol. The standard InChI is InChI=1S/C14H9ClF4O/c1-20-7-5-10(17)12(11(18)6-7)13(15)8-3-2-4-9(16)14(8)19/h2-6,13H,1H3. The van der Waals surface area contributed by atoms with Gasteiger partial charge in [-0.1, -0.05) is 12.1 Å². The first kappa shape index (κ1) is 14.7. The molecular weight excluding hydrogens is 296 g/mol. The molecule has 1 atom stereocenters. The zero-order valence-corrected chi connectivity index (χ0v) is 11.0. The van der Waals surface area contributed by atoms with E-state index in [9.17, 15) is 17.6 Å². The topological polar surface area (TPSA) is 9.23 Å². The van der Waals surface area contributed by atoms with Gasteiger partial charge in [-0.3, -0.25) is 0 Å². The van der Waals surface area contributed by atoms with Gasteiger partial charge < -0.3 is 4.74 Å². The summed E-state index contributed by atoms with van der Waals surface area (Å²) in [6.45, 7) is 0. The van der Waals surface area contributed by atoms with Crippen LogP contribution in [0.3, 0.4) is 0 Å². The van der Waals surface area contributed by atoms with E-state index in [0.717, 1.165) is 18.2 Å². The van der Waals surface area contributed by atoms with Crippen molar-refractivity contribution in [2.45, 2.75) is 5.38 Å². The molecule has 0 N–H and O–H groups in total. The summed E-state index contributed by atoms with van der Waals surface area (Å²) in [6, 6.07) is 5.11. The number of hydrogen-bond acceptors (Lipinski definition) is 1. The minimum absolute atomic E-state index is 0.0349. The molecule has 0 bridgehead atoms. The second kappa shape index (κ2) is 5.71. The fourth-order valence-electron chi connectivity index (χ4n) is 1.79. The Bertz CT molecular complexity index is 622. The van der Waals surface area contributed by atoms with E-state index in [1.807, 2.05) is 0 Å². The zero-order valence-electron chi connectivity index (χ0n) is 10.3. The number of methoxy groups -OCH3 is 1. The summed E-state index contributed by atoms with van der Waals surface area (Å²) in [6.07, 6.45) is 0. The molecule has 0 amide bonds. The number of benzene rings is 2. The van der Waals surface area contributed by atoms with Crippen molar-refractivity contribution in [1.82, 2.24) is 0 Å². The van der Waals surface area contributed by atoms with Gasteiger partial charge in [0.1, 0.15) is 17.4 Å². The maximum absolute atomic E-state index is 13.8. The summed E-state index contributed by atoms with van der Waals surface area (Å²) in [5.41, 5.74) is -0.897. The lowest BCUT2D eigenvalue weighted by Gasteiger charge is -2.14. The van der Waals surface area contributed by atoms with Crippen LogP contribution in [-0.4, -0.2) is 7.11 Å². The molecule has 2 rings (SSSR count). The van der Waals surface area contributed by atoms with Crippen LogP contribution in [0.5, 0.6) is 5.75 Å². The van der Waals surface area contributed by atoms with Crippen molar-refractivity contribution in [3.8, 4) is 5.75 Å².